The van der Waals surface area contributed by atoms with E-state index in [-0.39, 0.29) is 23.0 Å². The Bertz CT molecular complexity index is 1350. The largest absolute Gasteiger partial charge is 0.492 e. The Hall–Kier alpha value is -3.56. The minimum atomic E-state index is -4.18. The molecule has 0 radical (unpaired) electrons. The maximum atomic E-state index is 14.0. The molecule has 0 saturated carbocycles. The molecule has 3 aromatic rings. The van der Waals surface area contributed by atoms with Crippen molar-refractivity contribution in [2.24, 2.45) is 0 Å². The second-order valence-corrected chi connectivity index (χ2v) is 11.0. The van der Waals surface area contributed by atoms with Gasteiger partial charge in [-0.15, -0.1) is 0 Å². The van der Waals surface area contributed by atoms with Gasteiger partial charge in [-0.05, 0) is 62.2 Å². The lowest BCUT2D eigenvalue weighted by Crippen LogP contribution is -2.52. The third-order valence-electron chi connectivity index (χ3n) is 6.05. The predicted molar refractivity (Wildman–Crippen MR) is 153 cm³/mol. The predicted octanol–water partition coefficient (Wildman–Crippen LogP) is 4.88. The van der Waals surface area contributed by atoms with Crippen LogP contribution in [0.15, 0.2) is 83.8 Å². The van der Waals surface area contributed by atoms with Gasteiger partial charge in [-0.2, -0.15) is 0 Å². The summed E-state index contributed by atoms with van der Waals surface area (Å²) < 4.78 is 34.6. The number of carbonyl (C=O) groups excluding carboxylic acids is 2. The monoisotopic (exact) mass is 571 g/mol. The number of carbonyl (C=O) groups is 2. The topological polar surface area (TPSA) is 96.0 Å². The minimum absolute atomic E-state index is 0.0316. The highest BCUT2D eigenvalue weighted by atomic mass is 35.5. The van der Waals surface area contributed by atoms with E-state index in [1.165, 1.54) is 17.0 Å². The van der Waals surface area contributed by atoms with Crippen molar-refractivity contribution in [2.75, 3.05) is 24.0 Å². The van der Waals surface area contributed by atoms with Crippen LogP contribution in [0.5, 0.6) is 5.75 Å². The van der Waals surface area contributed by atoms with Crippen LogP contribution in [-0.2, 0) is 26.2 Å². The number of ether oxygens (including phenoxy) is 1. The number of hydrogen-bond donors (Lipinski definition) is 1. The van der Waals surface area contributed by atoms with Gasteiger partial charge < -0.3 is 15.0 Å². The Kier molecular flexibility index (Phi) is 10.8. The summed E-state index contributed by atoms with van der Waals surface area (Å²) in [5.74, 6) is -0.518. The zero-order chi connectivity index (χ0) is 28.4. The lowest BCUT2D eigenvalue weighted by Gasteiger charge is -2.33. The fraction of sp³-hybridized carbons (Fsp3) is 0.310. The maximum absolute atomic E-state index is 14.0. The molecule has 39 heavy (non-hydrogen) atoms. The number of halogens is 1. The molecule has 0 fully saturated rings. The van der Waals surface area contributed by atoms with E-state index in [2.05, 4.69) is 5.32 Å². The molecule has 8 nitrogen and oxygen atoms in total. The lowest BCUT2D eigenvalue weighted by atomic mass is 10.1. The van der Waals surface area contributed by atoms with Crippen molar-refractivity contribution in [1.82, 2.24) is 10.2 Å². The molecular formula is C29H34ClN3O5S. The van der Waals surface area contributed by atoms with Crippen molar-refractivity contribution in [3.05, 3.63) is 89.4 Å². The maximum Gasteiger partial charge on any atom is 0.264 e. The standard InChI is InChI=1S/C29H34ClN3O5S/c1-4-25(29(35)31-5-2)32(20-22-16-18-23(30)19-17-22)28(34)21-33(26-14-10-11-15-27(26)38-6-3)39(36,37)24-12-8-7-9-13-24/h7-19,25H,4-6,20-21H2,1-3H3,(H,31,35)/t25-/m0/s1. The SMILES string of the molecule is CCNC(=O)[C@H](CC)N(Cc1ccc(Cl)cc1)C(=O)CN(c1ccccc1OCC)S(=O)(=O)c1ccccc1. The summed E-state index contributed by atoms with van der Waals surface area (Å²) >= 11 is 6.05. The van der Waals surface area contributed by atoms with Crippen molar-refractivity contribution in [2.45, 2.75) is 44.7 Å². The van der Waals surface area contributed by atoms with Crippen LogP contribution in [0.1, 0.15) is 32.8 Å². The summed E-state index contributed by atoms with van der Waals surface area (Å²) in [4.78, 5) is 28.5. The molecular weight excluding hydrogens is 538 g/mol. The molecule has 0 aromatic heterocycles. The van der Waals surface area contributed by atoms with Crippen LogP contribution in [0.3, 0.4) is 0 Å². The number of rotatable bonds is 13. The van der Waals surface area contributed by atoms with Gasteiger partial charge in [-0.25, -0.2) is 8.42 Å². The molecule has 0 aliphatic heterocycles. The summed E-state index contributed by atoms with van der Waals surface area (Å²) in [7, 11) is -4.18. The Morgan fingerprint density at radius 2 is 1.56 bits per heavy atom. The normalized spacial score (nSPS) is 11.9. The molecule has 0 aliphatic rings. The van der Waals surface area contributed by atoms with Crippen LogP contribution in [0.2, 0.25) is 5.02 Å². The highest BCUT2D eigenvalue weighted by molar-refractivity contribution is 7.92. The third kappa shape index (κ3) is 7.52. The fourth-order valence-electron chi connectivity index (χ4n) is 4.17. The highest BCUT2D eigenvalue weighted by Crippen LogP contribution is 2.33. The van der Waals surface area contributed by atoms with E-state index in [0.29, 0.717) is 30.3 Å². The minimum Gasteiger partial charge on any atom is -0.492 e. The molecule has 0 heterocycles. The number of benzene rings is 3. The average Bonchev–Trinajstić information content (AvgIpc) is 2.94. The first-order valence-corrected chi connectivity index (χ1v) is 14.7. The molecule has 3 rings (SSSR count). The number of sulfonamides is 1. The summed E-state index contributed by atoms with van der Waals surface area (Å²) in [5, 5.41) is 3.33. The van der Waals surface area contributed by atoms with Crippen molar-refractivity contribution in [1.29, 1.82) is 0 Å². The summed E-state index contributed by atoms with van der Waals surface area (Å²) in [6.07, 6.45) is 0.339. The molecule has 2 amide bonds. The Morgan fingerprint density at radius 3 is 2.18 bits per heavy atom. The zero-order valence-corrected chi connectivity index (χ0v) is 23.9. The molecule has 208 valence electrons. The van der Waals surface area contributed by atoms with Crippen molar-refractivity contribution in [3.8, 4) is 5.75 Å². The van der Waals surface area contributed by atoms with Gasteiger partial charge in [-0.3, -0.25) is 13.9 Å². The Balaban J connectivity index is 2.09. The number of nitrogens with one attached hydrogen (secondary N) is 1. The summed E-state index contributed by atoms with van der Waals surface area (Å²) in [6.45, 7) is 5.67. The van der Waals surface area contributed by atoms with E-state index in [1.54, 1.807) is 80.6 Å². The van der Waals surface area contributed by atoms with Crippen LogP contribution < -0.4 is 14.4 Å². The molecule has 3 aromatic carbocycles. The van der Waals surface area contributed by atoms with E-state index in [0.717, 1.165) is 9.87 Å². The van der Waals surface area contributed by atoms with Crippen LogP contribution in [0, 0.1) is 0 Å². The van der Waals surface area contributed by atoms with E-state index < -0.39 is 28.5 Å². The van der Waals surface area contributed by atoms with Gasteiger partial charge in [-0.1, -0.05) is 61.0 Å². The number of para-hydroxylation sites is 2. The second kappa shape index (κ2) is 14.0. The molecule has 1 atom stereocenters. The highest BCUT2D eigenvalue weighted by Gasteiger charge is 2.34. The van der Waals surface area contributed by atoms with Gasteiger partial charge in [0, 0.05) is 18.1 Å². The van der Waals surface area contributed by atoms with Crippen molar-refractivity contribution in [3.63, 3.8) is 0 Å². The van der Waals surface area contributed by atoms with E-state index in [9.17, 15) is 18.0 Å². The van der Waals surface area contributed by atoms with E-state index >= 15 is 0 Å². The molecule has 0 bridgehead atoms. The number of hydrogen-bond acceptors (Lipinski definition) is 5. The van der Waals surface area contributed by atoms with Crippen molar-refractivity contribution >= 4 is 39.1 Å². The fourth-order valence-corrected chi connectivity index (χ4v) is 5.74. The van der Waals surface area contributed by atoms with Gasteiger partial charge in [0.25, 0.3) is 10.0 Å². The van der Waals surface area contributed by atoms with Gasteiger partial charge in [0.15, 0.2) is 0 Å². The Morgan fingerprint density at radius 1 is 0.923 bits per heavy atom. The molecule has 1 N–H and O–H groups in total. The van der Waals surface area contributed by atoms with Crippen molar-refractivity contribution < 1.29 is 22.7 Å². The van der Waals surface area contributed by atoms with Crippen LogP contribution in [0.25, 0.3) is 0 Å². The van der Waals surface area contributed by atoms with E-state index in [1.807, 2.05) is 6.92 Å². The number of nitrogens with zero attached hydrogens (tertiary/aromatic N) is 2. The second-order valence-electron chi connectivity index (χ2n) is 8.69. The first-order valence-electron chi connectivity index (χ1n) is 12.8. The van der Waals surface area contributed by atoms with Gasteiger partial charge >= 0.3 is 0 Å². The zero-order valence-electron chi connectivity index (χ0n) is 22.3. The van der Waals surface area contributed by atoms with Gasteiger partial charge in [0.05, 0.1) is 17.2 Å². The average molecular weight is 572 g/mol. The molecule has 0 aliphatic carbocycles. The summed E-state index contributed by atoms with van der Waals surface area (Å²) in [6, 6.07) is 20.7. The first-order chi connectivity index (χ1) is 18.7. The Labute approximate surface area is 235 Å². The van der Waals surface area contributed by atoms with Gasteiger partial charge in [0.2, 0.25) is 11.8 Å². The quantitative estimate of drug-likeness (QED) is 0.315. The number of amides is 2. The third-order valence-corrected chi connectivity index (χ3v) is 8.07. The molecule has 0 saturated heterocycles. The number of anilines is 1. The van der Waals surface area contributed by atoms with Gasteiger partial charge in [0.1, 0.15) is 18.3 Å². The van der Waals surface area contributed by atoms with Crippen LogP contribution in [0.4, 0.5) is 5.69 Å². The molecule has 10 heteroatoms. The van der Waals surface area contributed by atoms with Crippen LogP contribution >= 0.6 is 11.6 Å². The summed E-state index contributed by atoms with van der Waals surface area (Å²) in [5.41, 5.74) is 0.983. The molecule has 0 unspecified atom stereocenters. The lowest BCUT2D eigenvalue weighted by molar-refractivity contribution is -0.140. The van der Waals surface area contributed by atoms with Crippen LogP contribution in [-0.4, -0.2) is 50.9 Å². The molecule has 0 spiro atoms. The first kappa shape index (κ1) is 30.0. The number of likely N-dealkylation sites (N-methyl/N-ethyl adjacent to an activating group) is 1. The smallest absolute Gasteiger partial charge is 0.264 e. The van der Waals surface area contributed by atoms with E-state index in [4.69, 9.17) is 16.3 Å².